The highest BCUT2D eigenvalue weighted by Gasteiger charge is 2.15. The maximum Gasteiger partial charge on any atom is 0.118 e. The lowest BCUT2D eigenvalue weighted by Crippen LogP contribution is -2.02. The summed E-state index contributed by atoms with van der Waals surface area (Å²) in [5.41, 5.74) is 2.19. The van der Waals surface area contributed by atoms with Gasteiger partial charge in [0.15, 0.2) is 0 Å². The Morgan fingerprint density at radius 2 is 2.06 bits per heavy atom. The van der Waals surface area contributed by atoms with Crippen LogP contribution in [0, 0.1) is 11.3 Å². The molecule has 0 saturated carbocycles. The van der Waals surface area contributed by atoms with E-state index in [2.05, 4.69) is 24.3 Å². The van der Waals surface area contributed by atoms with E-state index >= 15 is 0 Å². The summed E-state index contributed by atoms with van der Waals surface area (Å²) in [4.78, 5) is 0. The minimum atomic E-state index is 0.398. The molecule has 2 nitrogen and oxygen atoms in total. The monoisotopic (exact) mass is 213 g/mol. The average molecular weight is 213 g/mol. The van der Waals surface area contributed by atoms with Crippen LogP contribution in [0.4, 0.5) is 0 Å². The third kappa shape index (κ3) is 2.25. The summed E-state index contributed by atoms with van der Waals surface area (Å²) >= 11 is 0. The van der Waals surface area contributed by atoms with Gasteiger partial charge in [0, 0.05) is 11.5 Å². The molecule has 2 heteroatoms. The molecule has 1 aromatic carbocycles. The molecule has 0 fully saturated rings. The molecule has 1 atom stereocenters. The minimum absolute atomic E-state index is 0.398. The van der Waals surface area contributed by atoms with E-state index in [9.17, 15) is 0 Å². The van der Waals surface area contributed by atoms with E-state index in [1.165, 1.54) is 5.56 Å². The Kier molecular flexibility index (Phi) is 3.26. The van der Waals surface area contributed by atoms with Gasteiger partial charge in [-0.2, -0.15) is 5.26 Å². The fourth-order valence-corrected chi connectivity index (χ4v) is 2.13. The molecular weight excluding hydrogens is 198 g/mol. The molecule has 0 N–H and O–H groups in total. The summed E-state index contributed by atoms with van der Waals surface area (Å²) in [5.74, 6) is 1.28. The normalized spacial score (nSPS) is 19.8. The van der Waals surface area contributed by atoms with Crippen LogP contribution in [-0.2, 0) is 0 Å². The van der Waals surface area contributed by atoms with Gasteiger partial charge in [0.2, 0.25) is 0 Å². The van der Waals surface area contributed by atoms with Gasteiger partial charge in [0.25, 0.3) is 0 Å². The Morgan fingerprint density at radius 1 is 1.31 bits per heavy atom. The molecule has 0 saturated heterocycles. The lowest BCUT2D eigenvalue weighted by atomic mass is 9.86. The summed E-state index contributed by atoms with van der Waals surface area (Å²) < 4.78 is 5.13. The molecule has 0 radical (unpaired) electrons. The fourth-order valence-electron chi connectivity index (χ4n) is 2.13. The number of ether oxygens (including phenoxy) is 1. The molecule has 0 amide bonds. The Labute approximate surface area is 96.2 Å². The lowest BCUT2D eigenvalue weighted by Gasteiger charge is -2.18. The van der Waals surface area contributed by atoms with Gasteiger partial charge < -0.3 is 4.74 Å². The maximum absolute atomic E-state index is 8.90. The predicted molar refractivity (Wildman–Crippen MR) is 63.3 cm³/mol. The molecule has 16 heavy (non-hydrogen) atoms. The van der Waals surface area contributed by atoms with Crippen molar-refractivity contribution in [3.05, 3.63) is 41.5 Å². The van der Waals surface area contributed by atoms with Crippen LogP contribution >= 0.6 is 0 Å². The third-order valence-electron chi connectivity index (χ3n) is 3.05. The number of nitrogens with zero attached hydrogens (tertiary/aromatic N) is 1. The lowest BCUT2D eigenvalue weighted by molar-refractivity contribution is 0.414. The van der Waals surface area contributed by atoms with Crippen molar-refractivity contribution in [2.45, 2.75) is 25.2 Å². The van der Waals surface area contributed by atoms with Crippen molar-refractivity contribution in [3.8, 4) is 11.8 Å². The minimum Gasteiger partial charge on any atom is -0.497 e. The number of rotatable bonds is 2. The van der Waals surface area contributed by atoms with E-state index in [0.717, 1.165) is 30.6 Å². The maximum atomic E-state index is 8.90. The molecule has 1 aliphatic rings. The molecule has 0 heterocycles. The first-order valence-electron chi connectivity index (χ1n) is 5.58. The van der Waals surface area contributed by atoms with E-state index in [0.29, 0.717) is 5.92 Å². The molecule has 2 rings (SSSR count). The number of allylic oxidation sites excluding steroid dienone is 2. The van der Waals surface area contributed by atoms with Gasteiger partial charge >= 0.3 is 0 Å². The van der Waals surface area contributed by atoms with Crippen LogP contribution in [0.15, 0.2) is 35.9 Å². The highest BCUT2D eigenvalue weighted by molar-refractivity contribution is 5.35. The smallest absolute Gasteiger partial charge is 0.118 e. The van der Waals surface area contributed by atoms with Crippen molar-refractivity contribution in [1.82, 2.24) is 0 Å². The Hall–Kier alpha value is -1.75. The Morgan fingerprint density at radius 3 is 2.69 bits per heavy atom. The second kappa shape index (κ2) is 4.85. The number of nitriles is 1. The van der Waals surface area contributed by atoms with Crippen LogP contribution in [0.25, 0.3) is 0 Å². The summed E-state index contributed by atoms with van der Waals surface area (Å²) in [5, 5.41) is 8.90. The average Bonchev–Trinajstić information content (AvgIpc) is 2.39. The van der Waals surface area contributed by atoms with Crippen molar-refractivity contribution in [2.24, 2.45) is 0 Å². The van der Waals surface area contributed by atoms with Crippen LogP contribution in [0.3, 0.4) is 0 Å². The van der Waals surface area contributed by atoms with Crippen LogP contribution in [0.1, 0.15) is 30.7 Å². The van der Waals surface area contributed by atoms with Crippen molar-refractivity contribution in [1.29, 1.82) is 5.26 Å². The van der Waals surface area contributed by atoms with Crippen LogP contribution in [-0.4, -0.2) is 7.11 Å². The highest BCUT2D eigenvalue weighted by Crippen LogP contribution is 2.31. The Balaban J connectivity index is 2.21. The predicted octanol–water partition coefficient (Wildman–Crippen LogP) is 3.41. The second-order valence-corrected chi connectivity index (χ2v) is 4.08. The molecule has 0 spiro atoms. The van der Waals surface area contributed by atoms with E-state index in [-0.39, 0.29) is 0 Å². The fraction of sp³-hybridized carbons (Fsp3) is 0.357. The van der Waals surface area contributed by atoms with Gasteiger partial charge in [-0.3, -0.25) is 0 Å². The summed E-state index contributed by atoms with van der Waals surface area (Å²) in [7, 11) is 1.67. The zero-order valence-corrected chi connectivity index (χ0v) is 9.44. The molecule has 0 aromatic heterocycles. The van der Waals surface area contributed by atoms with Gasteiger partial charge in [-0.25, -0.2) is 0 Å². The van der Waals surface area contributed by atoms with Gasteiger partial charge in [0.1, 0.15) is 5.75 Å². The quantitative estimate of drug-likeness (QED) is 0.754. The molecule has 1 aliphatic carbocycles. The van der Waals surface area contributed by atoms with Crippen molar-refractivity contribution < 1.29 is 4.74 Å². The van der Waals surface area contributed by atoms with Crippen LogP contribution in [0.5, 0.6) is 5.75 Å². The highest BCUT2D eigenvalue weighted by atomic mass is 16.5. The van der Waals surface area contributed by atoms with Crippen LogP contribution < -0.4 is 4.74 Å². The molecule has 0 aliphatic heterocycles. The Bertz CT molecular complexity index is 425. The van der Waals surface area contributed by atoms with Gasteiger partial charge in [-0.15, -0.1) is 0 Å². The molecule has 1 aromatic rings. The topological polar surface area (TPSA) is 33.0 Å². The summed E-state index contributed by atoms with van der Waals surface area (Å²) in [6, 6.07) is 10.4. The van der Waals surface area contributed by atoms with Gasteiger partial charge in [-0.1, -0.05) is 18.2 Å². The third-order valence-corrected chi connectivity index (χ3v) is 3.05. The van der Waals surface area contributed by atoms with E-state index < -0.39 is 0 Å². The van der Waals surface area contributed by atoms with E-state index in [4.69, 9.17) is 10.00 Å². The molecule has 0 bridgehead atoms. The van der Waals surface area contributed by atoms with Crippen molar-refractivity contribution >= 4 is 0 Å². The molecule has 1 unspecified atom stereocenters. The standard InChI is InChI=1S/C14H15NO/c1-16-14-7-5-12(6-8-14)13-4-2-3-11(9-13)10-15/h5-9,13H,2-4H2,1H3. The van der Waals surface area contributed by atoms with Crippen molar-refractivity contribution in [2.75, 3.05) is 7.11 Å². The second-order valence-electron chi connectivity index (χ2n) is 4.08. The number of hydrogen-bond donors (Lipinski definition) is 0. The first kappa shape index (κ1) is 10.8. The molecular formula is C14H15NO. The number of hydrogen-bond acceptors (Lipinski definition) is 2. The zero-order chi connectivity index (χ0) is 11.4. The van der Waals surface area contributed by atoms with Crippen LogP contribution in [0.2, 0.25) is 0 Å². The zero-order valence-electron chi connectivity index (χ0n) is 9.44. The summed E-state index contributed by atoms with van der Waals surface area (Å²) in [6.07, 6.45) is 5.28. The largest absolute Gasteiger partial charge is 0.497 e. The van der Waals surface area contributed by atoms with Gasteiger partial charge in [0.05, 0.1) is 13.2 Å². The SMILES string of the molecule is COc1ccc(C2C=C(C#N)CCC2)cc1. The number of benzene rings is 1. The molecule has 82 valence electrons. The van der Waals surface area contributed by atoms with Crippen molar-refractivity contribution in [3.63, 3.8) is 0 Å². The first-order valence-corrected chi connectivity index (χ1v) is 5.58. The van der Waals surface area contributed by atoms with Gasteiger partial charge in [-0.05, 0) is 37.0 Å². The summed E-state index contributed by atoms with van der Waals surface area (Å²) in [6.45, 7) is 0. The van der Waals surface area contributed by atoms with E-state index in [1.54, 1.807) is 7.11 Å². The first-order chi connectivity index (χ1) is 7.83. The van der Waals surface area contributed by atoms with E-state index in [1.807, 2.05) is 12.1 Å². The number of methoxy groups -OCH3 is 1.